The Labute approximate surface area is 215 Å². The molecule has 8 heteroatoms. The minimum absolute atomic E-state index is 0.0173. The SMILES string of the molecule is CCOc1ccc(C2/C(=C(/O)c3ccc(OC)c(OC)c3)C(=O)C(=O)N2Cc2ccccc2OC)cc1. The number of aliphatic hydroxyl groups is 1. The second kappa shape index (κ2) is 11.1. The molecule has 1 aliphatic rings. The van der Waals surface area contributed by atoms with Gasteiger partial charge in [0.05, 0.1) is 46.1 Å². The molecule has 3 aromatic rings. The van der Waals surface area contributed by atoms with Gasteiger partial charge in [-0.2, -0.15) is 0 Å². The maximum Gasteiger partial charge on any atom is 0.295 e. The molecule has 1 unspecified atom stereocenters. The molecule has 192 valence electrons. The van der Waals surface area contributed by atoms with Crippen molar-refractivity contribution < 1.29 is 33.6 Å². The lowest BCUT2D eigenvalue weighted by Crippen LogP contribution is -2.29. The molecule has 1 atom stereocenters. The number of likely N-dealkylation sites (tertiary alicyclic amines) is 1. The van der Waals surface area contributed by atoms with Gasteiger partial charge in [0.1, 0.15) is 17.3 Å². The molecule has 0 radical (unpaired) electrons. The van der Waals surface area contributed by atoms with Crippen molar-refractivity contribution in [3.8, 4) is 23.0 Å². The summed E-state index contributed by atoms with van der Waals surface area (Å²) >= 11 is 0. The van der Waals surface area contributed by atoms with E-state index in [4.69, 9.17) is 18.9 Å². The molecule has 4 rings (SSSR count). The fourth-order valence-electron chi connectivity index (χ4n) is 4.46. The fraction of sp³-hybridized carbons (Fsp3) is 0.241. The van der Waals surface area contributed by atoms with E-state index in [-0.39, 0.29) is 17.9 Å². The minimum Gasteiger partial charge on any atom is -0.507 e. The summed E-state index contributed by atoms with van der Waals surface area (Å²) in [6, 6.07) is 18.4. The van der Waals surface area contributed by atoms with Gasteiger partial charge in [0, 0.05) is 11.1 Å². The van der Waals surface area contributed by atoms with E-state index in [1.54, 1.807) is 55.6 Å². The molecule has 1 fully saturated rings. The van der Waals surface area contributed by atoms with E-state index < -0.39 is 17.7 Å². The van der Waals surface area contributed by atoms with Crippen LogP contribution in [0.3, 0.4) is 0 Å². The van der Waals surface area contributed by atoms with Gasteiger partial charge in [-0.3, -0.25) is 9.59 Å². The number of rotatable bonds is 9. The molecule has 1 aliphatic heterocycles. The molecule has 0 aliphatic carbocycles. The molecule has 1 N–H and O–H groups in total. The number of carbonyl (C=O) groups is 2. The van der Waals surface area contributed by atoms with Crippen molar-refractivity contribution in [2.45, 2.75) is 19.5 Å². The molecule has 0 spiro atoms. The number of amides is 1. The number of carbonyl (C=O) groups excluding carboxylic acids is 2. The monoisotopic (exact) mass is 503 g/mol. The number of para-hydroxylation sites is 1. The van der Waals surface area contributed by atoms with Gasteiger partial charge in [0.15, 0.2) is 11.5 Å². The quantitative estimate of drug-likeness (QED) is 0.256. The average Bonchev–Trinajstić information content (AvgIpc) is 3.18. The molecule has 3 aromatic carbocycles. The van der Waals surface area contributed by atoms with Crippen molar-refractivity contribution in [2.24, 2.45) is 0 Å². The second-order valence-corrected chi connectivity index (χ2v) is 8.31. The van der Waals surface area contributed by atoms with Crippen molar-refractivity contribution in [1.29, 1.82) is 0 Å². The van der Waals surface area contributed by atoms with E-state index in [2.05, 4.69) is 0 Å². The molecule has 37 heavy (non-hydrogen) atoms. The topological polar surface area (TPSA) is 94.5 Å². The predicted octanol–water partition coefficient (Wildman–Crippen LogP) is 4.73. The number of ketones is 1. The minimum atomic E-state index is -0.839. The molecule has 0 aromatic heterocycles. The van der Waals surface area contributed by atoms with Gasteiger partial charge < -0.3 is 29.0 Å². The third-order valence-corrected chi connectivity index (χ3v) is 6.24. The van der Waals surface area contributed by atoms with Crippen LogP contribution in [0.15, 0.2) is 72.3 Å². The van der Waals surface area contributed by atoms with Gasteiger partial charge in [-0.15, -0.1) is 0 Å². The van der Waals surface area contributed by atoms with E-state index >= 15 is 0 Å². The smallest absolute Gasteiger partial charge is 0.295 e. The molecule has 0 saturated carbocycles. The first-order valence-electron chi connectivity index (χ1n) is 11.8. The Bertz CT molecular complexity index is 1330. The number of ether oxygens (including phenoxy) is 4. The standard InChI is InChI=1S/C29H29NO7/c1-5-37-21-13-10-18(11-14-21)26-25(27(31)19-12-15-23(35-3)24(16-19)36-4)28(32)29(33)30(26)17-20-8-6-7-9-22(20)34-2/h6-16,26,31H,5,17H2,1-4H3/b27-25-. The Hall–Kier alpha value is -4.46. The predicted molar refractivity (Wildman–Crippen MR) is 138 cm³/mol. The highest BCUT2D eigenvalue weighted by atomic mass is 16.5. The number of hydrogen-bond acceptors (Lipinski definition) is 7. The Morgan fingerprint density at radius 3 is 2.19 bits per heavy atom. The molecule has 1 saturated heterocycles. The number of methoxy groups -OCH3 is 3. The van der Waals surface area contributed by atoms with Gasteiger partial charge in [-0.05, 0) is 48.9 Å². The van der Waals surface area contributed by atoms with Crippen molar-refractivity contribution in [3.63, 3.8) is 0 Å². The molecule has 0 bridgehead atoms. The first-order valence-corrected chi connectivity index (χ1v) is 11.8. The fourth-order valence-corrected chi connectivity index (χ4v) is 4.46. The lowest BCUT2D eigenvalue weighted by molar-refractivity contribution is -0.140. The van der Waals surface area contributed by atoms with Crippen LogP contribution in [0.4, 0.5) is 0 Å². The van der Waals surface area contributed by atoms with Gasteiger partial charge in [-0.25, -0.2) is 0 Å². The van der Waals surface area contributed by atoms with Gasteiger partial charge in [0.2, 0.25) is 0 Å². The first kappa shape index (κ1) is 25.6. The van der Waals surface area contributed by atoms with E-state index in [1.165, 1.54) is 19.1 Å². The largest absolute Gasteiger partial charge is 0.507 e. The highest BCUT2D eigenvalue weighted by Crippen LogP contribution is 2.42. The van der Waals surface area contributed by atoms with E-state index in [9.17, 15) is 14.7 Å². The number of aliphatic hydroxyl groups excluding tert-OH is 1. The lowest BCUT2D eigenvalue weighted by atomic mass is 9.95. The number of benzene rings is 3. The molecular formula is C29H29NO7. The maximum atomic E-state index is 13.4. The second-order valence-electron chi connectivity index (χ2n) is 8.31. The van der Waals surface area contributed by atoms with Gasteiger partial charge in [-0.1, -0.05) is 30.3 Å². The first-order chi connectivity index (χ1) is 17.9. The van der Waals surface area contributed by atoms with E-state index in [1.807, 2.05) is 25.1 Å². The summed E-state index contributed by atoms with van der Waals surface area (Å²) in [6.45, 7) is 2.50. The third kappa shape index (κ3) is 4.95. The summed E-state index contributed by atoms with van der Waals surface area (Å²) < 4.78 is 21.7. The van der Waals surface area contributed by atoms with Crippen LogP contribution in [0.2, 0.25) is 0 Å². The Morgan fingerprint density at radius 1 is 0.865 bits per heavy atom. The van der Waals surface area contributed by atoms with Crippen LogP contribution in [-0.4, -0.2) is 49.6 Å². The molecule has 8 nitrogen and oxygen atoms in total. The van der Waals surface area contributed by atoms with Crippen LogP contribution in [0.25, 0.3) is 5.76 Å². The zero-order chi connectivity index (χ0) is 26.5. The highest BCUT2D eigenvalue weighted by Gasteiger charge is 2.46. The van der Waals surface area contributed by atoms with Crippen LogP contribution < -0.4 is 18.9 Å². The Balaban J connectivity index is 1.86. The zero-order valence-electron chi connectivity index (χ0n) is 21.2. The zero-order valence-corrected chi connectivity index (χ0v) is 21.2. The summed E-state index contributed by atoms with van der Waals surface area (Å²) in [5, 5.41) is 11.4. The number of hydrogen-bond donors (Lipinski definition) is 1. The average molecular weight is 504 g/mol. The number of Topliss-reactive ketones (excluding diaryl/α,β-unsaturated/α-hetero) is 1. The highest BCUT2D eigenvalue weighted by molar-refractivity contribution is 6.46. The summed E-state index contributed by atoms with van der Waals surface area (Å²) in [6.07, 6.45) is 0. The van der Waals surface area contributed by atoms with Crippen molar-refractivity contribution in [2.75, 3.05) is 27.9 Å². The van der Waals surface area contributed by atoms with Crippen LogP contribution in [-0.2, 0) is 16.1 Å². The Morgan fingerprint density at radius 2 is 1.54 bits per heavy atom. The van der Waals surface area contributed by atoms with Crippen LogP contribution >= 0.6 is 0 Å². The maximum absolute atomic E-state index is 13.4. The summed E-state index contributed by atoms with van der Waals surface area (Å²) in [4.78, 5) is 28.2. The van der Waals surface area contributed by atoms with Crippen LogP contribution in [0.5, 0.6) is 23.0 Å². The summed E-state index contributed by atoms with van der Waals surface area (Å²) in [5.74, 6) is 0.308. The number of nitrogens with zero attached hydrogens (tertiary/aromatic N) is 1. The van der Waals surface area contributed by atoms with Gasteiger partial charge in [0.25, 0.3) is 11.7 Å². The van der Waals surface area contributed by atoms with Crippen LogP contribution in [0, 0.1) is 0 Å². The van der Waals surface area contributed by atoms with E-state index in [0.717, 1.165) is 5.56 Å². The van der Waals surface area contributed by atoms with Crippen molar-refractivity contribution >= 4 is 17.4 Å². The molecule has 1 heterocycles. The summed E-state index contributed by atoms with van der Waals surface area (Å²) in [7, 11) is 4.54. The van der Waals surface area contributed by atoms with Gasteiger partial charge >= 0.3 is 0 Å². The van der Waals surface area contributed by atoms with Crippen molar-refractivity contribution in [3.05, 3.63) is 89.0 Å². The lowest BCUT2D eigenvalue weighted by Gasteiger charge is -2.26. The molecule has 1 amide bonds. The summed E-state index contributed by atoms with van der Waals surface area (Å²) in [5.41, 5.74) is 1.69. The molecular weight excluding hydrogens is 474 g/mol. The Kier molecular flexibility index (Phi) is 7.67. The van der Waals surface area contributed by atoms with Crippen LogP contribution in [0.1, 0.15) is 29.7 Å². The third-order valence-electron chi connectivity index (χ3n) is 6.24. The van der Waals surface area contributed by atoms with Crippen molar-refractivity contribution in [1.82, 2.24) is 4.90 Å². The normalized spacial score (nSPS) is 16.5. The van der Waals surface area contributed by atoms with E-state index in [0.29, 0.717) is 40.7 Å².